The number of aromatic nitrogens is 3. The van der Waals surface area contributed by atoms with Crippen molar-refractivity contribution in [2.75, 3.05) is 13.1 Å². The molecule has 0 spiro atoms. The van der Waals surface area contributed by atoms with Gasteiger partial charge in [-0.15, -0.1) is 10.2 Å². The summed E-state index contributed by atoms with van der Waals surface area (Å²) in [6.45, 7) is 8.02. The summed E-state index contributed by atoms with van der Waals surface area (Å²) in [5, 5.41) is 11.8. The van der Waals surface area contributed by atoms with Gasteiger partial charge in [0.2, 0.25) is 11.8 Å². The van der Waals surface area contributed by atoms with Crippen LogP contribution >= 0.6 is 0 Å². The molecule has 0 fully saturated rings. The summed E-state index contributed by atoms with van der Waals surface area (Å²) < 4.78 is 2.10. The lowest BCUT2D eigenvalue weighted by Gasteiger charge is -2.24. The lowest BCUT2D eigenvalue weighted by Crippen LogP contribution is -2.35. The number of amides is 2. The molecule has 7 nitrogen and oxygen atoms in total. The van der Waals surface area contributed by atoms with E-state index in [1.165, 1.54) is 18.4 Å². The predicted molar refractivity (Wildman–Crippen MR) is 107 cm³/mol. The highest BCUT2D eigenvalue weighted by Gasteiger charge is 2.28. The average molecular weight is 388 g/mol. The first-order chi connectivity index (χ1) is 13.5. The van der Waals surface area contributed by atoms with Crippen molar-refractivity contribution < 1.29 is 9.59 Å². The number of nitrogens with zero attached hydrogens (tertiary/aromatic N) is 4. The van der Waals surface area contributed by atoms with Crippen molar-refractivity contribution in [1.29, 1.82) is 0 Å². The fraction of sp³-hybridized carbons (Fsp3) is 0.714. The van der Waals surface area contributed by atoms with E-state index < -0.39 is 0 Å². The highest BCUT2D eigenvalue weighted by atomic mass is 16.2. The molecule has 1 atom stereocenters. The summed E-state index contributed by atoms with van der Waals surface area (Å²) in [4.78, 5) is 26.7. The van der Waals surface area contributed by atoms with E-state index in [1.807, 2.05) is 11.8 Å². The van der Waals surface area contributed by atoms with Crippen LogP contribution in [-0.2, 0) is 22.6 Å². The zero-order valence-electron chi connectivity index (χ0n) is 17.4. The van der Waals surface area contributed by atoms with Crippen LogP contribution in [0.5, 0.6) is 0 Å². The molecule has 1 aromatic rings. The molecule has 1 N–H and O–H groups in total. The fourth-order valence-electron chi connectivity index (χ4n) is 4.00. The topological polar surface area (TPSA) is 80.1 Å². The first-order valence-electron chi connectivity index (χ1n) is 10.7. The van der Waals surface area contributed by atoms with Gasteiger partial charge < -0.3 is 14.8 Å². The van der Waals surface area contributed by atoms with E-state index in [9.17, 15) is 9.59 Å². The lowest BCUT2D eigenvalue weighted by molar-refractivity contribution is -0.130. The zero-order valence-corrected chi connectivity index (χ0v) is 17.4. The number of fused-ring (bicyclic) bond motifs is 1. The van der Waals surface area contributed by atoms with Crippen LogP contribution in [0.15, 0.2) is 11.6 Å². The Morgan fingerprint density at radius 3 is 2.64 bits per heavy atom. The number of nitrogens with one attached hydrogen (secondary N) is 1. The molecule has 2 amide bonds. The van der Waals surface area contributed by atoms with Crippen LogP contribution in [-0.4, -0.2) is 44.6 Å². The molecular formula is C21H33N5O2. The SMILES string of the molecule is CCC(=O)NC(c1nnc2n1CCN(C(=O)CC1=CCCCC1)CC2)C(C)C. The molecule has 1 aromatic heterocycles. The summed E-state index contributed by atoms with van der Waals surface area (Å²) in [6.07, 6.45) is 8.54. The number of allylic oxidation sites excluding steroid dienone is 1. The third kappa shape index (κ3) is 4.80. The quantitative estimate of drug-likeness (QED) is 0.761. The second-order valence-corrected chi connectivity index (χ2v) is 8.18. The molecule has 7 heteroatoms. The van der Waals surface area contributed by atoms with E-state index in [0.29, 0.717) is 38.9 Å². The molecule has 3 rings (SSSR count). The Balaban J connectivity index is 1.69. The van der Waals surface area contributed by atoms with Crippen LogP contribution < -0.4 is 5.32 Å². The number of carbonyl (C=O) groups excluding carboxylic acids is 2. The normalized spacial score (nSPS) is 18.3. The molecule has 2 aliphatic rings. The van der Waals surface area contributed by atoms with Crippen LogP contribution in [0.2, 0.25) is 0 Å². The average Bonchev–Trinajstić information content (AvgIpc) is 2.96. The number of carbonyl (C=O) groups is 2. The lowest BCUT2D eigenvalue weighted by atomic mass is 9.97. The Morgan fingerprint density at radius 1 is 1.14 bits per heavy atom. The third-order valence-electron chi connectivity index (χ3n) is 5.75. The summed E-state index contributed by atoms with van der Waals surface area (Å²) in [5.74, 6) is 2.15. The van der Waals surface area contributed by atoms with Gasteiger partial charge in [-0.1, -0.05) is 32.4 Å². The van der Waals surface area contributed by atoms with Crippen LogP contribution in [0.1, 0.15) is 77.0 Å². The molecule has 0 saturated carbocycles. The molecule has 0 radical (unpaired) electrons. The third-order valence-corrected chi connectivity index (χ3v) is 5.75. The molecule has 0 bridgehead atoms. The van der Waals surface area contributed by atoms with E-state index in [0.717, 1.165) is 24.5 Å². The van der Waals surface area contributed by atoms with Crippen molar-refractivity contribution in [3.8, 4) is 0 Å². The first kappa shape index (κ1) is 20.6. The minimum Gasteiger partial charge on any atom is -0.346 e. The van der Waals surface area contributed by atoms with Crippen LogP contribution in [0.3, 0.4) is 0 Å². The predicted octanol–water partition coefficient (Wildman–Crippen LogP) is 2.78. The summed E-state index contributed by atoms with van der Waals surface area (Å²) in [7, 11) is 0. The second kappa shape index (κ2) is 9.34. The molecule has 0 aromatic carbocycles. The van der Waals surface area contributed by atoms with Crippen molar-refractivity contribution in [2.24, 2.45) is 5.92 Å². The zero-order chi connectivity index (χ0) is 20.1. The molecular weight excluding hydrogens is 354 g/mol. The Hall–Kier alpha value is -2.18. The highest BCUT2D eigenvalue weighted by molar-refractivity contribution is 5.78. The smallest absolute Gasteiger partial charge is 0.226 e. The first-order valence-corrected chi connectivity index (χ1v) is 10.7. The maximum absolute atomic E-state index is 12.8. The van der Waals surface area contributed by atoms with Gasteiger partial charge in [-0.05, 0) is 31.6 Å². The number of hydrogen-bond acceptors (Lipinski definition) is 4. The van der Waals surface area contributed by atoms with Crippen LogP contribution in [0.25, 0.3) is 0 Å². The number of rotatable bonds is 6. The molecule has 28 heavy (non-hydrogen) atoms. The monoisotopic (exact) mass is 387 g/mol. The van der Waals surface area contributed by atoms with E-state index in [1.54, 1.807) is 0 Å². The minimum absolute atomic E-state index is 0.0160. The second-order valence-electron chi connectivity index (χ2n) is 8.18. The van der Waals surface area contributed by atoms with E-state index in [-0.39, 0.29) is 23.8 Å². The van der Waals surface area contributed by atoms with Gasteiger partial charge in [0.1, 0.15) is 5.82 Å². The molecule has 1 unspecified atom stereocenters. The summed E-state index contributed by atoms with van der Waals surface area (Å²) in [5.41, 5.74) is 1.29. The Bertz CT molecular complexity index is 737. The van der Waals surface area contributed by atoms with E-state index in [4.69, 9.17) is 0 Å². The van der Waals surface area contributed by atoms with Gasteiger partial charge in [-0.25, -0.2) is 0 Å². The van der Waals surface area contributed by atoms with Gasteiger partial charge >= 0.3 is 0 Å². The van der Waals surface area contributed by atoms with Crippen molar-refractivity contribution in [2.45, 2.75) is 78.3 Å². The number of hydrogen-bond donors (Lipinski definition) is 1. The van der Waals surface area contributed by atoms with Crippen molar-refractivity contribution >= 4 is 11.8 Å². The summed E-state index contributed by atoms with van der Waals surface area (Å²) in [6, 6.07) is -0.164. The van der Waals surface area contributed by atoms with Gasteiger partial charge in [0.05, 0.1) is 6.04 Å². The van der Waals surface area contributed by atoms with Crippen LogP contribution in [0.4, 0.5) is 0 Å². The van der Waals surface area contributed by atoms with Gasteiger partial charge in [0.15, 0.2) is 5.82 Å². The standard InChI is InChI=1S/C21H33N5O2/c1-4-18(27)22-20(15(2)3)21-24-23-17-10-11-25(12-13-26(17)21)19(28)14-16-8-6-5-7-9-16/h8,15,20H,4-7,9-14H2,1-3H3,(H,22,27). The maximum Gasteiger partial charge on any atom is 0.226 e. The fourth-order valence-corrected chi connectivity index (χ4v) is 4.00. The van der Waals surface area contributed by atoms with Gasteiger partial charge in [0.25, 0.3) is 0 Å². The Kier molecular flexibility index (Phi) is 6.86. The molecule has 0 saturated heterocycles. The summed E-state index contributed by atoms with van der Waals surface area (Å²) >= 11 is 0. The molecule has 1 aliphatic heterocycles. The van der Waals surface area contributed by atoms with Crippen LogP contribution in [0, 0.1) is 5.92 Å². The molecule has 2 heterocycles. The van der Waals surface area contributed by atoms with Gasteiger partial charge in [-0.2, -0.15) is 0 Å². The van der Waals surface area contributed by atoms with E-state index in [2.05, 4.69) is 40.0 Å². The Morgan fingerprint density at radius 2 is 1.96 bits per heavy atom. The van der Waals surface area contributed by atoms with Crippen molar-refractivity contribution in [3.05, 3.63) is 23.3 Å². The molecule has 154 valence electrons. The van der Waals surface area contributed by atoms with E-state index >= 15 is 0 Å². The van der Waals surface area contributed by atoms with Crippen molar-refractivity contribution in [1.82, 2.24) is 25.0 Å². The Labute approximate surface area is 167 Å². The van der Waals surface area contributed by atoms with Gasteiger partial charge in [-0.3, -0.25) is 9.59 Å². The molecule has 1 aliphatic carbocycles. The van der Waals surface area contributed by atoms with Gasteiger partial charge in [0, 0.05) is 38.9 Å². The minimum atomic E-state index is -0.164. The largest absolute Gasteiger partial charge is 0.346 e. The highest BCUT2D eigenvalue weighted by Crippen LogP contribution is 2.24. The maximum atomic E-state index is 12.8. The van der Waals surface area contributed by atoms with Crippen molar-refractivity contribution in [3.63, 3.8) is 0 Å².